The number of esters is 1. The Morgan fingerprint density at radius 1 is 0.773 bits per heavy atom. The van der Waals surface area contributed by atoms with E-state index in [9.17, 15) is 19.2 Å². The second-order valence-corrected chi connectivity index (χ2v) is 12.5. The van der Waals surface area contributed by atoms with E-state index in [1.165, 1.54) is 4.90 Å². The van der Waals surface area contributed by atoms with E-state index >= 15 is 0 Å². The number of amides is 3. The number of hydrogen-bond acceptors (Lipinski definition) is 5. The number of rotatable bonds is 4. The van der Waals surface area contributed by atoms with Crippen molar-refractivity contribution >= 4 is 46.7 Å². The molecule has 44 heavy (non-hydrogen) atoms. The van der Waals surface area contributed by atoms with Gasteiger partial charge in [-0.3, -0.25) is 19.2 Å². The maximum Gasteiger partial charge on any atom is 0.316 e. The van der Waals surface area contributed by atoms with E-state index in [0.717, 1.165) is 22.3 Å². The molecule has 4 aromatic carbocycles. The summed E-state index contributed by atoms with van der Waals surface area (Å²) < 4.78 is 5.70. The summed E-state index contributed by atoms with van der Waals surface area (Å²) in [6, 6.07) is 28.2. The predicted octanol–water partition coefficient (Wildman–Crippen LogP) is 6.00. The average Bonchev–Trinajstić information content (AvgIpc) is 3.55. The molecular weight excluding hydrogens is 576 g/mol. The highest BCUT2D eigenvalue weighted by atomic mass is 35.5. The van der Waals surface area contributed by atoms with Gasteiger partial charge in [0.15, 0.2) is 0 Å². The monoisotopic (exact) mass is 602 g/mol. The summed E-state index contributed by atoms with van der Waals surface area (Å²) in [4.78, 5) is 56.9. The largest absolute Gasteiger partial charge is 0.426 e. The van der Waals surface area contributed by atoms with E-state index in [2.05, 4.69) is 24.3 Å². The maximum absolute atomic E-state index is 14.1. The van der Waals surface area contributed by atoms with Gasteiger partial charge in [0, 0.05) is 35.5 Å². The first-order valence-corrected chi connectivity index (χ1v) is 15.1. The standard InChI is InChI=1S/C36H27ClN2O5/c1-19-16-23(44-36(43)20-17-29(40)38(18-20)22-12-10-21(37)11-13-22)14-15-28(19)39-34(41)32-30-24-6-2-3-7-25(24)31(33(32)35(39)42)27-9-5-4-8-26(27)30/h2-16,20,30-33H,17-18H2,1H3/t20-,30?,31?,32-,33-/m1/s1. The first-order chi connectivity index (χ1) is 21.3. The number of anilines is 2. The summed E-state index contributed by atoms with van der Waals surface area (Å²) >= 11 is 5.97. The van der Waals surface area contributed by atoms with E-state index in [0.29, 0.717) is 27.7 Å². The second kappa shape index (κ2) is 9.89. The number of hydrogen-bond donors (Lipinski definition) is 0. The molecule has 7 nitrogen and oxygen atoms in total. The smallest absolute Gasteiger partial charge is 0.316 e. The maximum atomic E-state index is 14.1. The van der Waals surface area contributed by atoms with Crippen molar-refractivity contribution in [2.45, 2.75) is 25.2 Å². The first-order valence-electron chi connectivity index (χ1n) is 14.8. The van der Waals surface area contributed by atoms with Gasteiger partial charge in [-0.15, -0.1) is 0 Å². The van der Waals surface area contributed by atoms with Crippen LogP contribution in [0.1, 0.15) is 46.1 Å². The molecule has 8 heteroatoms. The van der Waals surface area contributed by atoms with Gasteiger partial charge in [0.25, 0.3) is 0 Å². The Kier molecular flexibility index (Phi) is 6.04. The average molecular weight is 603 g/mol. The van der Waals surface area contributed by atoms with Crippen molar-refractivity contribution in [3.63, 3.8) is 0 Å². The van der Waals surface area contributed by atoms with Crippen LogP contribution in [0.4, 0.5) is 11.4 Å². The van der Waals surface area contributed by atoms with Crippen molar-refractivity contribution in [1.82, 2.24) is 0 Å². The van der Waals surface area contributed by atoms with Gasteiger partial charge in [0.1, 0.15) is 5.75 Å². The summed E-state index contributed by atoms with van der Waals surface area (Å²) in [6.07, 6.45) is 0.0468. The van der Waals surface area contributed by atoms with Crippen LogP contribution < -0.4 is 14.5 Å². The Balaban J connectivity index is 1.04. The van der Waals surface area contributed by atoms with Crippen LogP contribution in [-0.4, -0.2) is 30.2 Å². The van der Waals surface area contributed by atoms with Gasteiger partial charge in [0.2, 0.25) is 17.7 Å². The highest BCUT2D eigenvalue weighted by Gasteiger charge is 2.61. The molecule has 2 aliphatic heterocycles. The van der Waals surface area contributed by atoms with Gasteiger partial charge in [0.05, 0.1) is 23.4 Å². The fraction of sp³-hybridized carbons (Fsp3) is 0.222. The van der Waals surface area contributed by atoms with Crippen molar-refractivity contribution in [3.8, 4) is 5.75 Å². The molecule has 3 aliphatic carbocycles. The molecule has 3 amide bonds. The summed E-state index contributed by atoms with van der Waals surface area (Å²) in [5.41, 5.74) is 6.31. The van der Waals surface area contributed by atoms with Crippen LogP contribution in [0.2, 0.25) is 5.02 Å². The molecule has 0 saturated carbocycles. The lowest BCUT2D eigenvalue weighted by Crippen LogP contribution is -2.41. The zero-order valence-corrected chi connectivity index (χ0v) is 24.5. The normalized spacial score (nSPS) is 24.8. The molecule has 0 unspecified atom stereocenters. The number of aryl methyl sites for hydroxylation is 1. The first kappa shape index (κ1) is 26.8. The third-order valence-electron chi connectivity index (χ3n) is 9.67. The fourth-order valence-electron chi connectivity index (χ4n) is 7.79. The predicted molar refractivity (Wildman–Crippen MR) is 165 cm³/mol. The molecule has 2 bridgehead atoms. The zero-order chi connectivity index (χ0) is 30.3. The SMILES string of the molecule is Cc1cc(OC(=O)[C@@H]2CC(=O)N(c3ccc(Cl)cc3)C2)ccc1N1C(=O)[C@@H]2C3c4ccccc4C(c4ccccc43)[C@H]2C1=O. The molecule has 4 aromatic rings. The molecule has 0 aromatic heterocycles. The minimum absolute atomic E-state index is 0.0468. The lowest BCUT2D eigenvalue weighted by molar-refractivity contribution is -0.139. The Labute approximate surface area is 259 Å². The minimum atomic E-state index is -0.623. The number of carbonyl (C=O) groups excluding carboxylic acids is 4. The Morgan fingerprint density at radius 3 is 1.84 bits per heavy atom. The molecule has 2 saturated heterocycles. The van der Waals surface area contributed by atoms with Crippen molar-refractivity contribution in [2.24, 2.45) is 17.8 Å². The quantitative estimate of drug-likeness (QED) is 0.162. The van der Waals surface area contributed by atoms with Crippen molar-refractivity contribution in [1.29, 1.82) is 0 Å². The lowest BCUT2D eigenvalue weighted by atomic mass is 9.55. The molecule has 2 fully saturated rings. The summed E-state index contributed by atoms with van der Waals surface area (Å²) in [5, 5.41) is 0.564. The number of ether oxygens (including phenoxy) is 1. The van der Waals surface area contributed by atoms with E-state index < -0.39 is 23.7 Å². The third-order valence-corrected chi connectivity index (χ3v) is 9.92. The van der Waals surface area contributed by atoms with Gasteiger partial charge in [-0.25, -0.2) is 4.90 Å². The van der Waals surface area contributed by atoms with Crippen LogP contribution in [0.15, 0.2) is 91.0 Å². The van der Waals surface area contributed by atoms with Crippen LogP contribution >= 0.6 is 11.6 Å². The van der Waals surface area contributed by atoms with E-state index in [1.807, 2.05) is 24.3 Å². The molecule has 0 spiro atoms. The van der Waals surface area contributed by atoms with E-state index in [4.69, 9.17) is 16.3 Å². The molecule has 0 N–H and O–H groups in total. The molecule has 218 valence electrons. The highest BCUT2D eigenvalue weighted by molar-refractivity contribution is 6.30. The summed E-state index contributed by atoms with van der Waals surface area (Å²) in [5.74, 6) is -2.69. The molecule has 9 rings (SSSR count). The Hall–Kier alpha value is -4.75. The van der Waals surface area contributed by atoms with Crippen LogP contribution in [-0.2, 0) is 19.2 Å². The molecule has 2 heterocycles. The third kappa shape index (κ3) is 3.88. The Bertz CT molecular complexity index is 1790. The van der Waals surface area contributed by atoms with Crippen LogP contribution in [0.25, 0.3) is 0 Å². The summed E-state index contributed by atoms with van der Waals surface area (Å²) in [6.45, 7) is 2.01. The van der Waals surface area contributed by atoms with Crippen molar-refractivity contribution in [3.05, 3.63) is 124 Å². The Morgan fingerprint density at radius 2 is 1.32 bits per heavy atom. The number of carbonyl (C=O) groups is 4. The molecule has 5 aliphatic rings. The van der Waals surface area contributed by atoms with Gasteiger partial charge in [-0.1, -0.05) is 60.1 Å². The van der Waals surface area contributed by atoms with Crippen LogP contribution in [0.5, 0.6) is 5.75 Å². The van der Waals surface area contributed by atoms with Crippen LogP contribution in [0.3, 0.4) is 0 Å². The van der Waals surface area contributed by atoms with E-state index in [-0.39, 0.29) is 42.5 Å². The number of imide groups is 1. The molecular formula is C36H27ClN2O5. The lowest BCUT2D eigenvalue weighted by Gasteiger charge is -2.45. The second-order valence-electron chi connectivity index (χ2n) is 12.0. The minimum Gasteiger partial charge on any atom is -0.426 e. The van der Waals surface area contributed by atoms with Gasteiger partial charge >= 0.3 is 5.97 Å². The number of nitrogens with zero attached hydrogens (tertiary/aromatic N) is 2. The topological polar surface area (TPSA) is 84.0 Å². The fourth-order valence-corrected chi connectivity index (χ4v) is 7.92. The van der Waals surface area contributed by atoms with Gasteiger partial charge in [-0.2, -0.15) is 0 Å². The van der Waals surface area contributed by atoms with Gasteiger partial charge in [-0.05, 0) is 77.2 Å². The molecule has 3 atom stereocenters. The van der Waals surface area contributed by atoms with Crippen LogP contribution in [0, 0.1) is 24.7 Å². The number of benzene rings is 4. The zero-order valence-electron chi connectivity index (χ0n) is 23.8. The summed E-state index contributed by atoms with van der Waals surface area (Å²) in [7, 11) is 0. The number of halogens is 1. The van der Waals surface area contributed by atoms with E-state index in [1.54, 1.807) is 54.3 Å². The highest BCUT2D eigenvalue weighted by Crippen LogP contribution is 2.61. The molecule has 0 radical (unpaired) electrons. The van der Waals surface area contributed by atoms with Crippen molar-refractivity contribution in [2.75, 3.05) is 16.3 Å². The van der Waals surface area contributed by atoms with Crippen molar-refractivity contribution < 1.29 is 23.9 Å². The van der Waals surface area contributed by atoms with Gasteiger partial charge < -0.3 is 9.64 Å².